The van der Waals surface area contributed by atoms with Crippen LogP contribution in [0.2, 0.25) is 0 Å². The molecule has 14 heavy (non-hydrogen) atoms. The summed E-state index contributed by atoms with van der Waals surface area (Å²) in [4.78, 5) is 0. The molecule has 1 N–H and O–H groups in total. The molecule has 1 aliphatic heterocycles. The van der Waals surface area contributed by atoms with Gasteiger partial charge in [-0.05, 0) is 37.2 Å². The van der Waals surface area contributed by atoms with Gasteiger partial charge in [0.2, 0.25) is 0 Å². The van der Waals surface area contributed by atoms with Gasteiger partial charge in [0, 0.05) is 0 Å². The molecule has 0 amide bonds. The third kappa shape index (κ3) is 0.942. The fourth-order valence-corrected chi connectivity index (χ4v) is 2.53. The van der Waals surface area contributed by atoms with Gasteiger partial charge in [-0.2, -0.15) is 0 Å². The second kappa shape index (κ2) is 2.62. The molecule has 0 bridgehead atoms. The number of fused-ring (bicyclic) bond motifs is 2. The lowest BCUT2D eigenvalue weighted by molar-refractivity contribution is -0.0152. The Balaban J connectivity index is 2.14. The molecule has 1 heterocycles. The quantitative estimate of drug-likeness (QED) is 0.617. The van der Waals surface area contributed by atoms with Gasteiger partial charge in [0.1, 0.15) is 0 Å². The largest absolute Gasteiger partial charge is 0.492 e. The smallest absolute Gasteiger partial charge is 0.423 e. The molecule has 3 heteroatoms. The third-order valence-corrected chi connectivity index (χ3v) is 3.46. The maximum absolute atomic E-state index is 9.78. The molecule has 1 aromatic carbocycles. The van der Waals surface area contributed by atoms with Crippen LogP contribution in [-0.4, -0.2) is 12.1 Å². The highest BCUT2D eigenvalue weighted by atomic mass is 16.5. The highest BCUT2D eigenvalue weighted by Gasteiger charge is 2.50. The Labute approximate surface area is 84.0 Å². The topological polar surface area (TPSA) is 29.5 Å². The number of benzene rings is 1. The predicted molar refractivity (Wildman–Crippen MR) is 55.4 cm³/mol. The van der Waals surface area contributed by atoms with Gasteiger partial charge >= 0.3 is 7.12 Å². The summed E-state index contributed by atoms with van der Waals surface area (Å²) >= 11 is 0. The maximum atomic E-state index is 9.78. The van der Waals surface area contributed by atoms with E-state index >= 15 is 0 Å². The standard InChI is InChI=1S/C11H13BO2/c1-8-3-4-9-10(7-8)12(13)14-11(9)5-2-6-11/h3-4,7,13H,2,5-6H2,1H3. The summed E-state index contributed by atoms with van der Waals surface area (Å²) < 4.78 is 5.67. The first-order valence-electron chi connectivity index (χ1n) is 5.18. The Morgan fingerprint density at radius 2 is 2.21 bits per heavy atom. The van der Waals surface area contributed by atoms with Gasteiger partial charge in [-0.1, -0.05) is 23.8 Å². The summed E-state index contributed by atoms with van der Waals surface area (Å²) in [6, 6.07) is 6.24. The van der Waals surface area contributed by atoms with E-state index in [1.54, 1.807) is 0 Å². The molecule has 0 atom stereocenters. The van der Waals surface area contributed by atoms with Crippen LogP contribution in [0.15, 0.2) is 18.2 Å². The van der Waals surface area contributed by atoms with Crippen molar-refractivity contribution in [1.82, 2.24) is 0 Å². The summed E-state index contributed by atoms with van der Waals surface area (Å²) in [5, 5.41) is 9.78. The van der Waals surface area contributed by atoms with Gasteiger partial charge in [-0.25, -0.2) is 0 Å². The van der Waals surface area contributed by atoms with Crippen molar-refractivity contribution in [3.63, 3.8) is 0 Å². The van der Waals surface area contributed by atoms with Crippen molar-refractivity contribution < 1.29 is 9.68 Å². The summed E-state index contributed by atoms with van der Waals surface area (Å²) in [6.45, 7) is 2.04. The number of hydrogen-bond donors (Lipinski definition) is 1. The molecular weight excluding hydrogens is 175 g/mol. The van der Waals surface area contributed by atoms with E-state index in [1.807, 2.05) is 13.0 Å². The fourth-order valence-electron chi connectivity index (χ4n) is 2.53. The molecule has 1 spiro atoms. The number of hydrogen-bond acceptors (Lipinski definition) is 2. The minimum Gasteiger partial charge on any atom is -0.423 e. The van der Waals surface area contributed by atoms with Crippen molar-refractivity contribution in [3.05, 3.63) is 29.3 Å². The van der Waals surface area contributed by atoms with Gasteiger partial charge < -0.3 is 9.68 Å². The van der Waals surface area contributed by atoms with Crippen LogP contribution >= 0.6 is 0 Å². The molecule has 1 fully saturated rings. The Hall–Kier alpha value is -0.795. The monoisotopic (exact) mass is 188 g/mol. The minimum atomic E-state index is -0.704. The molecule has 1 aliphatic carbocycles. The summed E-state index contributed by atoms with van der Waals surface area (Å²) in [6.07, 6.45) is 3.32. The summed E-state index contributed by atoms with van der Waals surface area (Å²) in [5.74, 6) is 0. The normalized spacial score (nSPS) is 22.3. The molecular formula is C11H13BO2. The molecule has 0 radical (unpaired) electrons. The minimum absolute atomic E-state index is 0.136. The van der Waals surface area contributed by atoms with Crippen molar-refractivity contribution >= 4 is 12.6 Å². The maximum Gasteiger partial charge on any atom is 0.492 e. The van der Waals surface area contributed by atoms with Crippen LogP contribution in [0.3, 0.4) is 0 Å². The third-order valence-electron chi connectivity index (χ3n) is 3.46. The van der Waals surface area contributed by atoms with E-state index < -0.39 is 7.12 Å². The summed E-state index contributed by atoms with van der Waals surface area (Å²) in [5.41, 5.74) is 3.23. The molecule has 2 nitrogen and oxygen atoms in total. The molecule has 0 aromatic heterocycles. The van der Waals surface area contributed by atoms with Crippen LogP contribution in [0.25, 0.3) is 0 Å². The van der Waals surface area contributed by atoms with Crippen LogP contribution < -0.4 is 5.46 Å². The molecule has 1 saturated carbocycles. The van der Waals surface area contributed by atoms with E-state index in [4.69, 9.17) is 4.65 Å². The van der Waals surface area contributed by atoms with Gasteiger partial charge in [-0.3, -0.25) is 0 Å². The lowest BCUT2D eigenvalue weighted by Crippen LogP contribution is -2.35. The van der Waals surface area contributed by atoms with Crippen molar-refractivity contribution in [2.24, 2.45) is 0 Å². The lowest BCUT2D eigenvalue weighted by Gasteiger charge is -2.39. The molecule has 72 valence electrons. The van der Waals surface area contributed by atoms with Gasteiger partial charge in [0.05, 0.1) is 5.60 Å². The van der Waals surface area contributed by atoms with Gasteiger partial charge in [0.15, 0.2) is 0 Å². The Morgan fingerprint density at radius 1 is 1.43 bits per heavy atom. The number of aryl methyl sites for hydroxylation is 1. The zero-order chi connectivity index (χ0) is 9.76. The first-order chi connectivity index (χ1) is 6.71. The molecule has 3 rings (SSSR count). The molecule has 0 saturated heterocycles. The fraction of sp³-hybridized carbons (Fsp3) is 0.455. The molecule has 0 unspecified atom stereocenters. The highest BCUT2D eigenvalue weighted by molar-refractivity contribution is 6.62. The van der Waals surface area contributed by atoms with E-state index in [-0.39, 0.29) is 5.60 Å². The Morgan fingerprint density at radius 3 is 2.86 bits per heavy atom. The predicted octanol–water partition coefficient (Wildman–Crippen LogP) is 1.09. The first kappa shape index (κ1) is 8.51. The van der Waals surface area contributed by atoms with Gasteiger partial charge in [-0.15, -0.1) is 0 Å². The van der Waals surface area contributed by atoms with Crippen molar-refractivity contribution in [2.45, 2.75) is 31.8 Å². The van der Waals surface area contributed by atoms with Crippen molar-refractivity contribution in [1.29, 1.82) is 0 Å². The highest BCUT2D eigenvalue weighted by Crippen LogP contribution is 2.47. The zero-order valence-electron chi connectivity index (χ0n) is 8.29. The second-order valence-corrected chi connectivity index (χ2v) is 4.41. The number of rotatable bonds is 0. The van der Waals surface area contributed by atoms with Crippen LogP contribution in [0, 0.1) is 6.92 Å². The Kier molecular flexibility index (Phi) is 1.59. The van der Waals surface area contributed by atoms with E-state index in [0.29, 0.717) is 0 Å². The Bertz CT molecular complexity index is 385. The first-order valence-corrected chi connectivity index (χ1v) is 5.18. The lowest BCUT2D eigenvalue weighted by atomic mass is 9.72. The van der Waals surface area contributed by atoms with E-state index in [1.165, 1.54) is 17.5 Å². The van der Waals surface area contributed by atoms with Crippen LogP contribution in [0.5, 0.6) is 0 Å². The summed E-state index contributed by atoms with van der Waals surface area (Å²) in [7, 11) is -0.704. The van der Waals surface area contributed by atoms with Crippen LogP contribution in [0.1, 0.15) is 30.4 Å². The van der Waals surface area contributed by atoms with Crippen LogP contribution in [-0.2, 0) is 10.3 Å². The van der Waals surface area contributed by atoms with Crippen molar-refractivity contribution in [3.8, 4) is 0 Å². The second-order valence-electron chi connectivity index (χ2n) is 4.41. The van der Waals surface area contributed by atoms with Crippen LogP contribution in [0.4, 0.5) is 0 Å². The van der Waals surface area contributed by atoms with E-state index in [2.05, 4.69) is 12.1 Å². The van der Waals surface area contributed by atoms with Gasteiger partial charge in [0.25, 0.3) is 0 Å². The van der Waals surface area contributed by atoms with E-state index in [0.717, 1.165) is 18.3 Å². The van der Waals surface area contributed by atoms with E-state index in [9.17, 15) is 5.02 Å². The molecule has 1 aromatic rings. The van der Waals surface area contributed by atoms with Crippen molar-refractivity contribution in [2.75, 3.05) is 0 Å². The average Bonchev–Trinajstić information content (AvgIpc) is 2.39. The average molecular weight is 188 g/mol. The zero-order valence-corrected chi connectivity index (χ0v) is 8.29. The molecule has 2 aliphatic rings. The SMILES string of the molecule is Cc1ccc2c(c1)B(O)OC21CCC1.